The second-order valence-electron chi connectivity index (χ2n) is 8.85. The standard InChI is InChI=1S/C25H29F3N4O4S/c1-3-13-29-22(33)16-30-23(34)17-32(37(2,35)36)19-11-14-31(15-12-19)24(25(26,27)28)21-10-6-8-18-7-4-5-9-20(18)21/h1,4-10,19,24H,11-17H2,2H3,(H,29,33)(H,30,34). The van der Waals surface area contributed by atoms with E-state index in [0.29, 0.717) is 10.8 Å². The second kappa shape index (κ2) is 11.9. The highest BCUT2D eigenvalue weighted by Gasteiger charge is 2.46. The lowest BCUT2D eigenvalue weighted by Crippen LogP contribution is -2.52. The van der Waals surface area contributed by atoms with Crippen LogP contribution in [-0.2, 0) is 19.6 Å². The maximum Gasteiger partial charge on any atom is 0.408 e. The van der Waals surface area contributed by atoms with E-state index >= 15 is 0 Å². The molecule has 2 aromatic carbocycles. The average molecular weight is 539 g/mol. The third-order valence-corrected chi connectivity index (χ3v) is 7.54. The molecule has 1 unspecified atom stereocenters. The summed E-state index contributed by atoms with van der Waals surface area (Å²) in [5.74, 6) is 0.983. The summed E-state index contributed by atoms with van der Waals surface area (Å²) in [6, 6.07) is 9.19. The maximum absolute atomic E-state index is 14.3. The van der Waals surface area contributed by atoms with Crippen molar-refractivity contribution in [2.45, 2.75) is 31.1 Å². The summed E-state index contributed by atoms with van der Waals surface area (Å²) < 4.78 is 68.8. The van der Waals surface area contributed by atoms with E-state index in [1.165, 1.54) is 11.0 Å². The molecule has 0 bridgehead atoms. The summed E-state index contributed by atoms with van der Waals surface area (Å²) in [7, 11) is -3.85. The van der Waals surface area contributed by atoms with E-state index in [1.54, 1.807) is 36.4 Å². The third kappa shape index (κ3) is 7.44. The van der Waals surface area contributed by atoms with Crippen molar-refractivity contribution < 1.29 is 31.2 Å². The highest BCUT2D eigenvalue weighted by Crippen LogP contribution is 2.42. The molecule has 3 rings (SSSR count). The number of piperidine rings is 1. The van der Waals surface area contributed by atoms with E-state index in [1.807, 2.05) is 0 Å². The monoisotopic (exact) mass is 538 g/mol. The number of halogens is 3. The fraction of sp³-hybridized carbons (Fsp3) is 0.440. The predicted octanol–water partition coefficient (Wildman–Crippen LogP) is 2.03. The lowest BCUT2D eigenvalue weighted by atomic mass is 9.94. The zero-order valence-corrected chi connectivity index (χ0v) is 21.1. The van der Waals surface area contributed by atoms with Crippen molar-refractivity contribution in [3.8, 4) is 12.3 Å². The van der Waals surface area contributed by atoms with Crippen molar-refractivity contribution in [3.05, 3.63) is 48.0 Å². The normalized spacial score (nSPS) is 16.3. The van der Waals surface area contributed by atoms with Gasteiger partial charge >= 0.3 is 6.18 Å². The number of sulfonamides is 1. The number of hydrogen-bond donors (Lipinski definition) is 2. The Kier molecular flexibility index (Phi) is 9.17. The maximum atomic E-state index is 14.3. The Labute approximate surface area is 214 Å². The van der Waals surface area contributed by atoms with E-state index in [2.05, 4.69) is 16.6 Å². The van der Waals surface area contributed by atoms with Gasteiger partial charge in [-0.05, 0) is 29.2 Å². The van der Waals surface area contributed by atoms with Gasteiger partial charge in [0.15, 0.2) is 0 Å². The van der Waals surface area contributed by atoms with Gasteiger partial charge < -0.3 is 10.6 Å². The summed E-state index contributed by atoms with van der Waals surface area (Å²) in [6.07, 6.45) is 1.67. The van der Waals surface area contributed by atoms with Crippen molar-refractivity contribution in [2.24, 2.45) is 0 Å². The van der Waals surface area contributed by atoms with Gasteiger partial charge in [0.2, 0.25) is 21.8 Å². The van der Waals surface area contributed by atoms with Gasteiger partial charge in [0.25, 0.3) is 0 Å². The Balaban J connectivity index is 1.72. The minimum atomic E-state index is -4.55. The first-order chi connectivity index (χ1) is 17.4. The first kappa shape index (κ1) is 28.4. The quantitative estimate of drug-likeness (QED) is 0.477. The number of likely N-dealkylation sites (tertiary alicyclic amines) is 1. The summed E-state index contributed by atoms with van der Waals surface area (Å²) >= 11 is 0. The highest BCUT2D eigenvalue weighted by atomic mass is 32.2. The number of nitrogens with zero attached hydrogens (tertiary/aromatic N) is 2. The molecule has 1 aliphatic rings. The van der Waals surface area contributed by atoms with Crippen LogP contribution in [0.4, 0.5) is 13.2 Å². The van der Waals surface area contributed by atoms with Gasteiger partial charge in [0, 0.05) is 19.1 Å². The van der Waals surface area contributed by atoms with Crippen LogP contribution in [0.1, 0.15) is 24.4 Å². The minimum absolute atomic E-state index is 0.0135. The second-order valence-corrected chi connectivity index (χ2v) is 10.8. The van der Waals surface area contributed by atoms with Gasteiger partial charge in [-0.1, -0.05) is 48.4 Å². The molecule has 1 heterocycles. The summed E-state index contributed by atoms with van der Waals surface area (Å²) in [4.78, 5) is 25.3. The smallest absolute Gasteiger partial charge is 0.346 e. The molecular formula is C25H29F3N4O4S. The number of rotatable bonds is 9. The number of alkyl halides is 3. The van der Waals surface area contributed by atoms with Gasteiger partial charge in [0.1, 0.15) is 6.04 Å². The first-order valence-corrected chi connectivity index (χ1v) is 13.5. The van der Waals surface area contributed by atoms with Crippen molar-refractivity contribution in [3.63, 3.8) is 0 Å². The van der Waals surface area contributed by atoms with E-state index in [9.17, 15) is 31.2 Å². The topological polar surface area (TPSA) is 98.8 Å². The lowest BCUT2D eigenvalue weighted by molar-refractivity contribution is -0.189. The summed E-state index contributed by atoms with van der Waals surface area (Å²) in [6.45, 7) is -0.965. The largest absolute Gasteiger partial charge is 0.408 e. The highest BCUT2D eigenvalue weighted by molar-refractivity contribution is 7.88. The van der Waals surface area contributed by atoms with E-state index in [0.717, 1.165) is 10.6 Å². The van der Waals surface area contributed by atoms with Crippen LogP contribution < -0.4 is 10.6 Å². The Morgan fingerprint density at radius 2 is 1.76 bits per heavy atom. The predicted molar refractivity (Wildman–Crippen MR) is 134 cm³/mol. The molecule has 2 amide bonds. The van der Waals surface area contributed by atoms with Crippen LogP contribution in [0.25, 0.3) is 10.8 Å². The van der Waals surface area contributed by atoms with Gasteiger partial charge in [-0.25, -0.2) is 8.42 Å². The van der Waals surface area contributed by atoms with Gasteiger partial charge in [-0.15, -0.1) is 6.42 Å². The van der Waals surface area contributed by atoms with Crippen LogP contribution in [0.5, 0.6) is 0 Å². The van der Waals surface area contributed by atoms with E-state index in [-0.39, 0.29) is 44.6 Å². The molecule has 8 nitrogen and oxygen atoms in total. The van der Waals surface area contributed by atoms with Crippen LogP contribution in [0.15, 0.2) is 42.5 Å². The summed E-state index contributed by atoms with van der Waals surface area (Å²) in [5, 5.41) is 5.91. The lowest BCUT2D eigenvalue weighted by Gasteiger charge is -2.41. The molecule has 0 spiro atoms. The van der Waals surface area contributed by atoms with Crippen molar-refractivity contribution >= 4 is 32.6 Å². The van der Waals surface area contributed by atoms with Crippen LogP contribution in [0.2, 0.25) is 0 Å². The number of nitrogens with one attached hydrogen (secondary N) is 2. The van der Waals surface area contributed by atoms with Gasteiger partial charge in [0.05, 0.1) is 25.9 Å². The van der Waals surface area contributed by atoms with Crippen LogP contribution in [0.3, 0.4) is 0 Å². The average Bonchev–Trinajstić information content (AvgIpc) is 2.84. The zero-order valence-electron chi connectivity index (χ0n) is 20.3. The molecule has 1 saturated heterocycles. The molecule has 2 N–H and O–H groups in total. The Morgan fingerprint density at radius 3 is 2.38 bits per heavy atom. The van der Waals surface area contributed by atoms with Crippen LogP contribution in [0, 0.1) is 12.3 Å². The minimum Gasteiger partial charge on any atom is -0.346 e. The van der Waals surface area contributed by atoms with Crippen molar-refractivity contribution in [2.75, 3.05) is 39.0 Å². The third-order valence-electron chi connectivity index (χ3n) is 6.26. The molecular weight excluding hydrogens is 509 g/mol. The number of terminal acetylenes is 1. The molecule has 12 heteroatoms. The van der Waals surface area contributed by atoms with Gasteiger partial charge in [-0.3, -0.25) is 14.5 Å². The number of benzene rings is 2. The van der Waals surface area contributed by atoms with Crippen LogP contribution >= 0.6 is 0 Å². The Hall–Kier alpha value is -3.14. The zero-order chi connectivity index (χ0) is 27.2. The molecule has 0 radical (unpaired) electrons. The first-order valence-electron chi connectivity index (χ1n) is 11.6. The SMILES string of the molecule is C#CCNC(=O)CNC(=O)CN(C1CCN(C(c2cccc3ccccc23)C(F)(F)F)CC1)S(C)(=O)=O. The molecule has 200 valence electrons. The Bertz CT molecular complexity index is 1260. The molecule has 1 atom stereocenters. The molecule has 0 aromatic heterocycles. The molecule has 2 aromatic rings. The fourth-order valence-corrected chi connectivity index (χ4v) is 5.71. The number of amides is 2. The van der Waals surface area contributed by atoms with Crippen molar-refractivity contribution in [1.82, 2.24) is 19.8 Å². The molecule has 37 heavy (non-hydrogen) atoms. The molecule has 1 fully saturated rings. The van der Waals surface area contributed by atoms with E-state index in [4.69, 9.17) is 6.42 Å². The summed E-state index contributed by atoms with van der Waals surface area (Å²) in [5.41, 5.74) is 0.145. The number of fused-ring (bicyclic) bond motifs is 1. The fourth-order valence-electron chi connectivity index (χ4n) is 4.61. The molecule has 1 aliphatic heterocycles. The van der Waals surface area contributed by atoms with E-state index < -0.39 is 46.6 Å². The Morgan fingerprint density at radius 1 is 1.11 bits per heavy atom. The van der Waals surface area contributed by atoms with Gasteiger partial charge in [-0.2, -0.15) is 17.5 Å². The van der Waals surface area contributed by atoms with Crippen molar-refractivity contribution in [1.29, 1.82) is 0 Å². The number of carbonyl (C=O) groups is 2. The number of hydrogen-bond acceptors (Lipinski definition) is 5. The number of carbonyl (C=O) groups excluding carboxylic acids is 2. The van der Waals surface area contributed by atoms with Crippen LogP contribution in [-0.4, -0.2) is 80.6 Å². The molecule has 0 aliphatic carbocycles. The molecule has 0 saturated carbocycles.